The summed E-state index contributed by atoms with van der Waals surface area (Å²) in [6, 6.07) is 21.7. The standard InChI is InChI=1S/C27H27N3O3/c1-3-29(4-2)17-20-8-7-9-22(16-20)28-25(31)21-14-12-19(13-15-21)18-30-26(32)23-10-5-6-11-24(23)27(30)33/h5-16H,3-4,17-18H2,1-2H3,(H,28,31). The smallest absolute Gasteiger partial charge is 0.261 e. The molecular formula is C27H27N3O3. The largest absolute Gasteiger partial charge is 0.322 e. The number of imide groups is 1. The molecular weight excluding hydrogens is 414 g/mol. The van der Waals surface area contributed by atoms with Gasteiger partial charge in [0.1, 0.15) is 0 Å². The lowest BCUT2D eigenvalue weighted by molar-refractivity contribution is 0.0642. The Hall–Kier alpha value is -3.77. The Balaban J connectivity index is 1.40. The van der Waals surface area contributed by atoms with Gasteiger partial charge in [-0.2, -0.15) is 0 Å². The summed E-state index contributed by atoms with van der Waals surface area (Å²) < 4.78 is 0. The van der Waals surface area contributed by atoms with E-state index >= 15 is 0 Å². The summed E-state index contributed by atoms with van der Waals surface area (Å²) in [7, 11) is 0. The first kappa shape index (κ1) is 22.4. The minimum Gasteiger partial charge on any atom is -0.322 e. The number of carbonyl (C=O) groups excluding carboxylic acids is 3. The molecule has 0 saturated carbocycles. The van der Waals surface area contributed by atoms with E-state index in [2.05, 4.69) is 30.1 Å². The second-order valence-corrected chi connectivity index (χ2v) is 8.05. The molecule has 168 valence electrons. The van der Waals surface area contributed by atoms with Gasteiger partial charge in [0.05, 0.1) is 17.7 Å². The summed E-state index contributed by atoms with van der Waals surface area (Å²) in [6.45, 7) is 7.21. The number of anilines is 1. The lowest BCUT2D eigenvalue weighted by atomic mass is 10.1. The number of nitrogens with zero attached hydrogens (tertiary/aromatic N) is 2. The molecule has 0 aromatic heterocycles. The molecule has 4 rings (SSSR count). The van der Waals surface area contributed by atoms with E-state index in [1.807, 2.05) is 18.2 Å². The summed E-state index contributed by atoms with van der Waals surface area (Å²) >= 11 is 0. The number of nitrogens with one attached hydrogen (secondary N) is 1. The fourth-order valence-corrected chi connectivity index (χ4v) is 3.98. The first-order chi connectivity index (χ1) is 16.0. The maximum atomic E-state index is 12.7. The van der Waals surface area contributed by atoms with Crippen LogP contribution in [0.3, 0.4) is 0 Å². The Kier molecular flexibility index (Phi) is 6.66. The predicted molar refractivity (Wildman–Crippen MR) is 128 cm³/mol. The van der Waals surface area contributed by atoms with Crippen LogP contribution in [-0.4, -0.2) is 40.6 Å². The van der Waals surface area contributed by atoms with Crippen molar-refractivity contribution in [2.24, 2.45) is 0 Å². The van der Waals surface area contributed by atoms with Gasteiger partial charge in [0.2, 0.25) is 0 Å². The van der Waals surface area contributed by atoms with Crippen LogP contribution in [0.4, 0.5) is 5.69 Å². The van der Waals surface area contributed by atoms with Crippen molar-refractivity contribution in [3.05, 3.63) is 101 Å². The van der Waals surface area contributed by atoms with Crippen LogP contribution in [0.5, 0.6) is 0 Å². The lowest BCUT2D eigenvalue weighted by Gasteiger charge is -2.18. The first-order valence-electron chi connectivity index (χ1n) is 11.2. The molecule has 1 aliphatic rings. The fourth-order valence-electron chi connectivity index (χ4n) is 3.98. The number of amides is 3. The first-order valence-corrected chi connectivity index (χ1v) is 11.2. The van der Waals surface area contributed by atoms with E-state index in [0.29, 0.717) is 16.7 Å². The number of hydrogen-bond acceptors (Lipinski definition) is 4. The molecule has 0 unspecified atom stereocenters. The van der Waals surface area contributed by atoms with Crippen molar-refractivity contribution in [3.8, 4) is 0 Å². The maximum Gasteiger partial charge on any atom is 0.261 e. The van der Waals surface area contributed by atoms with E-state index in [1.165, 1.54) is 4.90 Å². The molecule has 0 spiro atoms. The summed E-state index contributed by atoms with van der Waals surface area (Å²) in [5.41, 5.74) is 4.05. The van der Waals surface area contributed by atoms with Crippen LogP contribution in [0.1, 0.15) is 56.0 Å². The highest BCUT2D eigenvalue weighted by molar-refractivity contribution is 6.21. The second-order valence-electron chi connectivity index (χ2n) is 8.05. The van der Waals surface area contributed by atoms with E-state index in [-0.39, 0.29) is 24.3 Å². The summed E-state index contributed by atoms with van der Waals surface area (Å²) in [5, 5.41) is 2.95. The molecule has 0 bridgehead atoms. The SMILES string of the molecule is CCN(CC)Cc1cccc(NC(=O)c2ccc(CN3C(=O)c4ccccc4C3=O)cc2)c1. The van der Waals surface area contributed by atoms with Crippen LogP contribution in [-0.2, 0) is 13.1 Å². The zero-order valence-corrected chi connectivity index (χ0v) is 18.9. The average Bonchev–Trinajstić information content (AvgIpc) is 3.08. The van der Waals surface area contributed by atoms with Crippen molar-refractivity contribution in [2.75, 3.05) is 18.4 Å². The van der Waals surface area contributed by atoms with Gasteiger partial charge in [0.25, 0.3) is 17.7 Å². The zero-order valence-electron chi connectivity index (χ0n) is 18.9. The van der Waals surface area contributed by atoms with Crippen molar-refractivity contribution in [1.29, 1.82) is 0 Å². The summed E-state index contributed by atoms with van der Waals surface area (Å²) in [4.78, 5) is 41.4. The van der Waals surface area contributed by atoms with Crippen molar-refractivity contribution >= 4 is 23.4 Å². The van der Waals surface area contributed by atoms with E-state index in [4.69, 9.17) is 0 Å². The molecule has 1 aliphatic heterocycles. The molecule has 0 fully saturated rings. The van der Waals surface area contributed by atoms with Gasteiger partial charge in [0, 0.05) is 17.8 Å². The molecule has 3 aromatic carbocycles. The molecule has 6 heteroatoms. The molecule has 1 heterocycles. The Morgan fingerprint density at radius 2 is 1.45 bits per heavy atom. The molecule has 33 heavy (non-hydrogen) atoms. The van der Waals surface area contributed by atoms with Crippen molar-refractivity contribution in [1.82, 2.24) is 9.80 Å². The number of hydrogen-bond donors (Lipinski definition) is 1. The van der Waals surface area contributed by atoms with Gasteiger partial charge in [-0.25, -0.2) is 0 Å². The quantitative estimate of drug-likeness (QED) is 0.520. The second kappa shape index (κ2) is 9.79. The third-order valence-corrected chi connectivity index (χ3v) is 5.92. The van der Waals surface area contributed by atoms with Gasteiger partial charge < -0.3 is 5.32 Å². The van der Waals surface area contributed by atoms with Crippen LogP contribution < -0.4 is 5.32 Å². The van der Waals surface area contributed by atoms with Crippen LogP contribution >= 0.6 is 0 Å². The lowest BCUT2D eigenvalue weighted by Crippen LogP contribution is -2.29. The summed E-state index contributed by atoms with van der Waals surface area (Å²) in [5.74, 6) is -0.786. The van der Waals surface area contributed by atoms with Crippen LogP contribution in [0, 0.1) is 0 Å². The van der Waals surface area contributed by atoms with Crippen molar-refractivity contribution in [2.45, 2.75) is 26.9 Å². The fraction of sp³-hybridized carbons (Fsp3) is 0.222. The third-order valence-electron chi connectivity index (χ3n) is 5.92. The minimum atomic E-state index is -0.290. The Morgan fingerprint density at radius 3 is 2.06 bits per heavy atom. The van der Waals surface area contributed by atoms with Crippen LogP contribution in [0.2, 0.25) is 0 Å². The molecule has 0 atom stereocenters. The number of benzene rings is 3. The predicted octanol–water partition coefficient (Wildman–Crippen LogP) is 4.58. The molecule has 1 N–H and O–H groups in total. The highest BCUT2D eigenvalue weighted by Crippen LogP contribution is 2.24. The van der Waals surface area contributed by atoms with Crippen molar-refractivity contribution < 1.29 is 14.4 Å². The molecule has 0 aliphatic carbocycles. The van der Waals surface area contributed by atoms with Gasteiger partial charge in [-0.1, -0.05) is 50.2 Å². The molecule has 0 saturated heterocycles. The molecule has 6 nitrogen and oxygen atoms in total. The van der Waals surface area contributed by atoms with Gasteiger partial charge >= 0.3 is 0 Å². The third kappa shape index (κ3) is 4.86. The Bertz CT molecular complexity index is 1150. The molecule has 3 amide bonds. The zero-order chi connectivity index (χ0) is 23.4. The number of fused-ring (bicyclic) bond motifs is 1. The Morgan fingerprint density at radius 1 is 0.818 bits per heavy atom. The molecule has 3 aromatic rings. The van der Waals surface area contributed by atoms with Gasteiger partial charge in [-0.3, -0.25) is 24.2 Å². The van der Waals surface area contributed by atoms with E-state index in [1.54, 1.807) is 48.5 Å². The topological polar surface area (TPSA) is 69.7 Å². The number of carbonyl (C=O) groups is 3. The molecule has 0 radical (unpaired) electrons. The maximum absolute atomic E-state index is 12.7. The van der Waals surface area contributed by atoms with E-state index < -0.39 is 0 Å². The van der Waals surface area contributed by atoms with Crippen molar-refractivity contribution in [3.63, 3.8) is 0 Å². The highest BCUT2D eigenvalue weighted by atomic mass is 16.2. The van der Waals surface area contributed by atoms with Crippen LogP contribution in [0.15, 0.2) is 72.8 Å². The highest BCUT2D eigenvalue weighted by Gasteiger charge is 2.34. The van der Waals surface area contributed by atoms with Crippen LogP contribution in [0.25, 0.3) is 0 Å². The Labute approximate surface area is 193 Å². The number of rotatable bonds is 8. The minimum absolute atomic E-state index is 0.168. The normalized spacial score (nSPS) is 12.9. The van der Waals surface area contributed by atoms with E-state index in [0.717, 1.165) is 36.4 Å². The van der Waals surface area contributed by atoms with Gasteiger partial charge in [0.15, 0.2) is 0 Å². The van der Waals surface area contributed by atoms with Gasteiger partial charge in [-0.15, -0.1) is 0 Å². The summed E-state index contributed by atoms with van der Waals surface area (Å²) in [6.07, 6.45) is 0. The average molecular weight is 442 g/mol. The van der Waals surface area contributed by atoms with Gasteiger partial charge in [-0.05, 0) is 60.6 Å². The monoisotopic (exact) mass is 441 g/mol. The van der Waals surface area contributed by atoms with E-state index in [9.17, 15) is 14.4 Å².